The maximum absolute atomic E-state index is 10.2. The molecule has 0 saturated heterocycles. The third-order valence-corrected chi connectivity index (χ3v) is 13.1. The van der Waals surface area contributed by atoms with Crippen molar-refractivity contribution in [1.29, 1.82) is 0 Å². The Morgan fingerprint density at radius 1 is 1.11 bits per heavy atom. The van der Waals surface area contributed by atoms with Gasteiger partial charge in [-0.2, -0.15) is 0 Å². The summed E-state index contributed by atoms with van der Waals surface area (Å²) in [7, 11) is -1.76. The molecule has 0 unspecified atom stereocenters. The van der Waals surface area contributed by atoms with Gasteiger partial charge >= 0.3 is 0 Å². The minimum absolute atomic E-state index is 0.254. The van der Waals surface area contributed by atoms with Crippen LogP contribution in [0.5, 0.6) is 0 Å². The van der Waals surface area contributed by atoms with Crippen LogP contribution in [-0.4, -0.2) is 36.8 Å². The van der Waals surface area contributed by atoms with Crippen LogP contribution in [0.1, 0.15) is 92.9 Å². The average molecular weight is 413 g/mol. The highest BCUT2D eigenvalue weighted by atomic mass is 28.4. The molecule has 0 heterocycles. The van der Waals surface area contributed by atoms with Gasteiger partial charge in [-0.3, -0.25) is 0 Å². The van der Waals surface area contributed by atoms with Gasteiger partial charge in [0.25, 0.3) is 0 Å². The molecule has 2 aliphatic carbocycles. The van der Waals surface area contributed by atoms with Crippen LogP contribution in [0.4, 0.5) is 0 Å². The highest BCUT2D eigenvalue weighted by Crippen LogP contribution is 2.59. The number of aliphatic hydroxyl groups excluding tert-OH is 1. The summed E-state index contributed by atoms with van der Waals surface area (Å²) in [5.74, 6) is 1.60. The van der Waals surface area contributed by atoms with Crippen molar-refractivity contribution in [3.05, 3.63) is 0 Å². The summed E-state index contributed by atoms with van der Waals surface area (Å²) in [5.41, 5.74) is -0.303. The fourth-order valence-corrected chi connectivity index (χ4v) is 7.24. The lowest BCUT2D eigenvalue weighted by Crippen LogP contribution is -2.50. The Morgan fingerprint density at radius 2 is 1.75 bits per heavy atom. The number of fused-ring (bicyclic) bond motifs is 1. The van der Waals surface area contributed by atoms with Crippen molar-refractivity contribution in [2.24, 2.45) is 23.2 Å². The van der Waals surface area contributed by atoms with Crippen LogP contribution >= 0.6 is 0 Å². The zero-order valence-corrected chi connectivity index (χ0v) is 21.0. The van der Waals surface area contributed by atoms with Crippen molar-refractivity contribution in [1.82, 2.24) is 0 Å². The van der Waals surface area contributed by atoms with Crippen LogP contribution in [0.25, 0.3) is 0 Å². The maximum Gasteiger partial charge on any atom is 0.192 e. The van der Waals surface area contributed by atoms with E-state index in [-0.39, 0.29) is 11.6 Å². The molecule has 0 aromatic heterocycles. The van der Waals surface area contributed by atoms with Gasteiger partial charge < -0.3 is 14.6 Å². The summed E-state index contributed by atoms with van der Waals surface area (Å²) in [4.78, 5) is 0. The van der Waals surface area contributed by atoms with Gasteiger partial charge in [0.15, 0.2) is 8.32 Å². The molecule has 2 fully saturated rings. The molecule has 2 N–H and O–H groups in total. The first kappa shape index (κ1) is 24.4. The Morgan fingerprint density at radius 3 is 2.29 bits per heavy atom. The van der Waals surface area contributed by atoms with Crippen molar-refractivity contribution in [3.63, 3.8) is 0 Å². The van der Waals surface area contributed by atoms with Crippen LogP contribution in [0, 0.1) is 23.2 Å². The van der Waals surface area contributed by atoms with Crippen molar-refractivity contribution >= 4 is 8.32 Å². The third kappa shape index (κ3) is 5.41. The first-order valence-corrected chi connectivity index (χ1v) is 14.6. The van der Waals surface area contributed by atoms with E-state index < -0.39 is 13.9 Å². The Labute approximate surface area is 175 Å². The molecule has 0 aromatic rings. The summed E-state index contributed by atoms with van der Waals surface area (Å²) < 4.78 is 6.95. The van der Waals surface area contributed by atoms with Crippen LogP contribution in [0.3, 0.4) is 0 Å². The molecule has 4 heteroatoms. The van der Waals surface area contributed by atoms with Crippen molar-refractivity contribution in [3.8, 4) is 0 Å². The predicted molar refractivity (Wildman–Crippen MR) is 121 cm³/mol. The van der Waals surface area contributed by atoms with Gasteiger partial charge in [0.1, 0.15) is 0 Å². The van der Waals surface area contributed by atoms with Crippen molar-refractivity contribution in [2.75, 3.05) is 6.61 Å². The molecule has 0 spiro atoms. The van der Waals surface area contributed by atoms with E-state index in [9.17, 15) is 10.2 Å². The predicted octanol–water partition coefficient (Wildman–Crippen LogP) is 6.14. The second-order valence-electron chi connectivity index (χ2n) is 12.3. The van der Waals surface area contributed by atoms with Gasteiger partial charge in [0, 0.05) is 12.7 Å². The largest absolute Gasteiger partial charge is 0.414 e. The highest BCUT2D eigenvalue weighted by molar-refractivity contribution is 6.74. The lowest BCUT2D eigenvalue weighted by Gasteiger charge is -2.50. The molecule has 5 atom stereocenters. The molecule has 0 radical (unpaired) electrons. The first-order valence-electron chi connectivity index (χ1n) is 11.7. The van der Waals surface area contributed by atoms with Crippen LogP contribution in [0.2, 0.25) is 18.1 Å². The van der Waals surface area contributed by atoms with E-state index in [4.69, 9.17) is 4.43 Å². The summed E-state index contributed by atoms with van der Waals surface area (Å²) in [6, 6.07) is 0. The summed E-state index contributed by atoms with van der Waals surface area (Å²) in [6.07, 6.45) is 9.47. The van der Waals surface area contributed by atoms with Gasteiger partial charge in [-0.25, -0.2) is 0 Å². The molecule has 2 saturated carbocycles. The Balaban J connectivity index is 2.09. The summed E-state index contributed by atoms with van der Waals surface area (Å²) in [5, 5.41) is 20.5. The Kier molecular flexibility index (Phi) is 7.56. The van der Waals surface area contributed by atoms with E-state index in [1.165, 1.54) is 32.1 Å². The zero-order chi connectivity index (χ0) is 21.4. The maximum atomic E-state index is 10.2. The molecule has 2 rings (SSSR count). The van der Waals surface area contributed by atoms with Crippen LogP contribution < -0.4 is 0 Å². The Hall–Kier alpha value is 0.0969. The third-order valence-electron chi connectivity index (χ3n) is 8.55. The van der Waals surface area contributed by atoms with E-state index in [1.807, 2.05) is 13.8 Å². The number of rotatable bonds is 8. The molecule has 2 aliphatic rings. The Bertz CT molecular complexity index is 505. The second-order valence-corrected chi connectivity index (χ2v) is 17.0. The zero-order valence-electron chi connectivity index (χ0n) is 20.0. The fourth-order valence-electron chi connectivity index (χ4n) is 5.85. The van der Waals surface area contributed by atoms with E-state index in [2.05, 4.69) is 40.8 Å². The van der Waals surface area contributed by atoms with E-state index >= 15 is 0 Å². The van der Waals surface area contributed by atoms with Gasteiger partial charge in [-0.1, -0.05) is 40.5 Å². The first-order chi connectivity index (χ1) is 12.7. The second kappa shape index (κ2) is 8.68. The molecule has 28 heavy (non-hydrogen) atoms. The van der Waals surface area contributed by atoms with E-state index in [0.717, 1.165) is 19.3 Å². The lowest BCUT2D eigenvalue weighted by molar-refractivity contribution is -0.0309. The molecule has 0 aromatic carbocycles. The normalized spacial score (nSPS) is 33.0. The molecule has 3 nitrogen and oxygen atoms in total. The molecular formula is C24H48O3Si. The van der Waals surface area contributed by atoms with Crippen LogP contribution in [0.15, 0.2) is 0 Å². The number of aliphatic hydroxyl groups is 2. The molecule has 0 bridgehead atoms. The van der Waals surface area contributed by atoms with Gasteiger partial charge in [-0.05, 0) is 93.7 Å². The molecule has 0 aliphatic heterocycles. The van der Waals surface area contributed by atoms with E-state index in [0.29, 0.717) is 29.3 Å². The summed E-state index contributed by atoms with van der Waals surface area (Å²) >= 11 is 0. The standard InChI is InChI=1S/C24H48O3Si/c1-22(2,3)28(7,8)27-21-12-10-16-24(6)19(13-14-20(21)24)18(17-25)11-9-15-23(4,5)26/h18-21,25-26H,9-17H2,1-8H3/t18-,19+,20-,21-,24-/m0/s1. The van der Waals surface area contributed by atoms with Gasteiger partial charge in [0.2, 0.25) is 0 Å². The monoisotopic (exact) mass is 412 g/mol. The average Bonchev–Trinajstić information content (AvgIpc) is 2.87. The number of hydrogen-bond donors (Lipinski definition) is 2. The topological polar surface area (TPSA) is 49.7 Å². The number of hydrogen-bond acceptors (Lipinski definition) is 3. The van der Waals surface area contributed by atoms with Gasteiger partial charge in [-0.15, -0.1) is 0 Å². The minimum atomic E-state index is -1.76. The van der Waals surface area contributed by atoms with Crippen molar-refractivity contribution < 1.29 is 14.6 Å². The fraction of sp³-hybridized carbons (Fsp3) is 1.00. The quantitative estimate of drug-likeness (QED) is 0.471. The van der Waals surface area contributed by atoms with Gasteiger partial charge in [0.05, 0.1) is 5.60 Å². The molecule has 0 amide bonds. The minimum Gasteiger partial charge on any atom is -0.414 e. The molecular weight excluding hydrogens is 364 g/mol. The van der Waals surface area contributed by atoms with E-state index in [1.54, 1.807) is 0 Å². The molecule has 166 valence electrons. The highest BCUT2D eigenvalue weighted by Gasteiger charge is 2.54. The lowest BCUT2D eigenvalue weighted by atomic mass is 9.61. The van der Waals surface area contributed by atoms with Crippen molar-refractivity contribution in [2.45, 2.75) is 123 Å². The SMILES string of the molecule is CC(C)(O)CCC[C@@H](CO)[C@H]1CC[C@H]2[C@@H](O[Si](C)(C)C(C)(C)C)CCC[C@@]12C. The smallest absolute Gasteiger partial charge is 0.192 e. The van der Waals surface area contributed by atoms with Crippen LogP contribution in [-0.2, 0) is 4.43 Å². The summed E-state index contributed by atoms with van der Waals surface area (Å²) in [6.45, 7) is 18.3.